The molecule has 0 aliphatic heterocycles. The highest BCUT2D eigenvalue weighted by molar-refractivity contribution is 7.71. The predicted molar refractivity (Wildman–Crippen MR) is 82.5 cm³/mol. The highest BCUT2D eigenvalue weighted by atomic mass is 32.1. The number of nitrogens with zero attached hydrogens (tertiary/aromatic N) is 1. The smallest absolute Gasteiger partial charge is 0.182 e. The van der Waals surface area contributed by atoms with Gasteiger partial charge in [0.15, 0.2) is 4.77 Å². The summed E-state index contributed by atoms with van der Waals surface area (Å²) in [6, 6.07) is 11.5. The summed E-state index contributed by atoms with van der Waals surface area (Å²) < 4.78 is 16.2. The van der Waals surface area contributed by atoms with Gasteiger partial charge in [-0.25, -0.2) is 4.39 Å². The molecule has 0 amide bonds. The number of aromatic amines is 1. The lowest BCUT2D eigenvalue weighted by Crippen LogP contribution is -1.99. The second-order valence-electron chi connectivity index (χ2n) is 4.87. The summed E-state index contributed by atoms with van der Waals surface area (Å²) in [5.74, 6) is -0.218. The van der Waals surface area contributed by atoms with Crippen LogP contribution in [0.2, 0.25) is 0 Å². The molecule has 0 unspecified atom stereocenters. The molecule has 102 valence electrons. The van der Waals surface area contributed by atoms with Gasteiger partial charge >= 0.3 is 0 Å². The van der Waals surface area contributed by atoms with Crippen LogP contribution in [0.3, 0.4) is 0 Å². The van der Waals surface area contributed by atoms with Gasteiger partial charge in [0.25, 0.3) is 0 Å². The molecular weight excluding hydrogens is 271 g/mol. The molecule has 4 heteroatoms. The third-order valence-electron chi connectivity index (χ3n) is 3.58. The molecule has 3 rings (SSSR count). The van der Waals surface area contributed by atoms with E-state index in [2.05, 4.69) is 18.0 Å². The molecular formula is C16H15FN2S. The molecule has 0 radical (unpaired) electrons. The van der Waals surface area contributed by atoms with E-state index >= 15 is 0 Å². The monoisotopic (exact) mass is 286 g/mol. The van der Waals surface area contributed by atoms with Gasteiger partial charge in [0.2, 0.25) is 0 Å². The van der Waals surface area contributed by atoms with E-state index < -0.39 is 0 Å². The fourth-order valence-corrected chi connectivity index (χ4v) is 2.81. The number of aromatic nitrogens is 2. The van der Waals surface area contributed by atoms with Gasteiger partial charge < -0.3 is 4.98 Å². The maximum absolute atomic E-state index is 13.7. The summed E-state index contributed by atoms with van der Waals surface area (Å²) in [5.41, 5.74) is 4.52. The zero-order valence-electron chi connectivity index (χ0n) is 11.4. The summed E-state index contributed by atoms with van der Waals surface area (Å²) >= 11 is 5.41. The van der Waals surface area contributed by atoms with E-state index in [1.54, 1.807) is 6.92 Å². The van der Waals surface area contributed by atoms with Gasteiger partial charge in [0, 0.05) is 0 Å². The van der Waals surface area contributed by atoms with E-state index in [-0.39, 0.29) is 5.82 Å². The molecule has 0 saturated carbocycles. The van der Waals surface area contributed by atoms with Crippen molar-refractivity contribution in [3.05, 3.63) is 58.1 Å². The van der Waals surface area contributed by atoms with Crippen LogP contribution in [0, 0.1) is 17.5 Å². The third-order valence-corrected chi connectivity index (χ3v) is 3.86. The van der Waals surface area contributed by atoms with Gasteiger partial charge in [-0.1, -0.05) is 25.1 Å². The van der Waals surface area contributed by atoms with Gasteiger partial charge in [-0.3, -0.25) is 4.57 Å². The minimum Gasteiger partial charge on any atom is -0.330 e. The van der Waals surface area contributed by atoms with Gasteiger partial charge in [-0.05, 0) is 54.9 Å². The Bertz CT molecular complexity index is 845. The van der Waals surface area contributed by atoms with Crippen LogP contribution in [0.4, 0.5) is 4.39 Å². The normalized spacial score (nSPS) is 11.2. The molecule has 1 N–H and O–H groups in total. The van der Waals surface area contributed by atoms with Crippen LogP contribution in [-0.4, -0.2) is 9.55 Å². The van der Waals surface area contributed by atoms with E-state index in [1.165, 1.54) is 11.6 Å². The lowest BCUT2D eigenvalue weighted by molar-refractivity contribution is 0.620. The first-order chi connectivity index (χ1) is 9.61. The number of aryl methyl sites for hydroxylation is 2. The molecule has 0 atom stereocenters. The first kappa shape index (κ1) is 13.1. The van der Waals surface area contributed by atoms with Crippen molar-refractivity contribution in [3.63, 3.8) is 0 Å². The highest BCUT2D eigenvalue weighted by Crippen LogP contribution is 2.24. The number of nitrogens with one attached hydrogen (secondary N) is 1. The average Bonchev–Trinajstić information content (AvgIpc) is 2.74. The molecule has 2 aromatic carbocycles. The van der Waals surface area contributed by atoms with E-state index in [0.29, 0.717) is 10.3 Å². The van der Waals surface area contributed by atoms with Crippen molar-refractivity contribution in [1.29, 1.82) is 0 Å². The fourth-order valence-electron chi connectivity index (χ4n) is 2.50. The number of halogens is 1. The van der Waals surface area contributed by atoms with Crippen LogP contribution in [0.25, 0.3) is 16.7 Å². The van der Waals surface area contributed by atoms with Crippen molar-refractivity contribution >= 4 is 23.3 Å². The zero-order valence-corrected chi connectivity index (χ0v) is 12.2. The van der Waals surface area contributed by atoms with Crippen LogP contribution in [-0.2, 0) is 6.42 Å². The molecule has 2 nitrogen and oxygen atoms in total. The third kappa shape index (κ3) is 1.96. The standard InChI is InChI=1S/C16H15FN2S/c1-3-11-6-4-5-7-14(11)19-15-8-10(2)12(17)9-13(15)18-16(19)20/h4-9H,3H2,1-2H3,(H,18,20). The molecule has 20 heavy (non-hydrogen) atoms. The van der Waals surface area contributed by atoms with E-state index in [9.17, 15) is 4.39 Å². The number of benzene rings is 2. The largest absolute Gasteiger partial charge is 0.330 e. The lowest BCUT2D eigenvalue weighted by Gasteiger charge is -2.10. The Balaban J connectivity index is 2.39. The van der Waals surface area contributed by atoms with Crippen molar-refractivity contribution in [2.45, 2.75) is 20.3 Å². The van der Waals surface area contributed by atoms with Crippen molar-refractivity contribution in [3.8, 4) is 5.69 Å². The second-order valence-corrected chi connectivity index (χ2v) is 5.25. The molecule has 0 saturated heterocycles. The van der Waals surface area contributed by atoms with Crippen LogP contribution in [0.1, 0.15) is 18.1 Å². The predicted octanol–water partition coefficient (Wildman–Crippen LogP) is 4.70. The molecule has 1 heterocycles. The van der Waals surface area contributed by atoms with Gasteiger partial charge in [-0.2, -0.15) is 0 Å². The maximum atomic E-state index is 13.7. The number of rotatable bonds is 2. The highest BCUT2D eigenvalue weighted by Gasteiger charge is 2.11. The Hall–Kier alpha value is -1.94. The van der Waals surface area contributed by atoms with Crippen molar-refractivity contribution < 1.29 is 4.39 Å². The summed E-state index contributed by atoms with van der Waals surface area (Å²) in [4.78, 5) is 3.08. The van der Waals surface area contributed by atoms with Gasteiger partial charge in [0.05, 0.1) is 16.7 Å². The topological polar surface area (TPSA) is 20.7 Å². The van der Waals surface area contributed by atoms with E-state index in [4.69, 9.17) is 12.2 Å². The van der Waals surface area contributed by atoms with Crippen LogP contribution in [0.5, 0.6) is 0 Å². The van der Waals surface area contributed by atoms with Crippen LogP contribution in [0.15, 0.2) is 36.4 Å². The Morgan fingerprint density at radius 2 is 2.00 bits per heavy atom. The van der Waals surface area contributed by atoms with Crippen molar-refractivity contribution in [2.24, 2.45) is 0 Å². The quantitative estimate of drug-likeness (QED) is 0.677. The summed E-state index contributed by atoms with van der Waals surface area (Å²) in [6.07, 6.45) is 0.921. The molecule has 0 aliphatic carbocycles. The minimum absolute atomic E-state index is 0.218. The summed E-state index contributed by atoms with van der Waals surface area (Å²) in [5, 5.41) is 0. The van der Waals surface area contributed by atoms with Crippen LogP contribution >= 0.6 is 12.2 Å². The Labute approximate surface area is 121 Å². The average molecular weight is 286 g/mol. The molecule has 0 bridgehead atoms. The first-order valence-electron chi connectivity index (χ1n) is 6.61. The van der Waals surface area contributed by atoms with Gasteiger partial charge in [0.1, 0.15) is 5.82 Å². The molecule has 3 aromatic rings. The van der Waals surface area contributed by atoms with Crippen molar-refractivity contribution in [2.75, 3.05) is 0 Å². The number of fused-ring (bicyclic) bond motifs is 1. The SMILES string of the molecule is CCc1ccccc1-n1c(=S)[nH]c2cc(F)c(C)cc21. The Kier molecular flexibility index (Phi) is 3.18. The lowest BCUT2D eigenvalue weighted by atomic mass is 10.1. The Morgan fingerprint density at radius 3 is 2.75 bits per heavy atom. The molecule has 0 spiro atoms. The first-order valence-corrected chi connectivity index (χ1v) is 7.01. The van der Waals surface area contributed by atoms with E-state index in [0.717, 1.165) is 23.1 Å². The fraction of sp³-hybridized carbons (Fsp3) is 0.188. The van der Waals surface area contributed by atoms with Gasteiger partial charge in [-0.15, -0.1) is 0 Å². The van der Waals surface area contributed by atoms with Crippen molar-refractivity contribution in [1.82, 2.24) is 9.55 Å². The Morgan fingerprint density at radius 1 is 1.25 bits per heavy atom. The number of para-hydroxylation sites is 1. The van der Waals surface area contributed by atoms with Crippen LogP contribution < -0.4 is 0 Å². The molecule has 1 aromatic heterocycles. The maximum Gasteiger partial charge on any atom is 0.182 e. The molecule has 0 aliphatic rings. The number of H-pyrrole nitrogens is 1. The number of hydrogen-bond acceptors (Lipinski definition) is 1. The number of hydrogen-bond donors (Lipinski definition) is 1. The summed E-state index contributed by atoms with van der Waals surface area (Å²) in [6.45, 7) is 3.88. The molecule has 0 fully saturated rings. The zero-order chi connectivity index (χ0) is 14.3. The van der Waals surface area contributed by atoms with E-state index in [1.807, 2.05) is 28.8 Å². The minimum atomic E-state index is -0.218. The number of imidazole rings is 1. The second kappa shape index (κ2) is 4.87. The summed E-state index contributed by atoms with van der Waals surface area (Å²) in [7, 11) is 0.